The van der Waals surface area contributed by atoms with Crippen molar-refractivity contribution < 1.29 is 9.53 Å². The van der Waals surface area contributed by atoms with Crippen LogP contribution < -0.4 is 10.6 Å². The summed E-state index contributed by atoms with van der Waals surface area (Å²) in [6.45, 7) is 9.63. The summed E-state index contributed by atoms with van der Waals surface area (Å²) in [6.07, 6.45) is 0. The number of ether oxygens (including phenoxy) is 1. The van der Waals surface area contributed by atoms with E-state index in [0.717, 1.165) is 16.7 Å². The van der Waals surface area contributed by atoms with Crippen LogP contribution in [0.25, 0.3) is 0 Å². The standard InChI is InChI=1S/C22H30N2O2/c1-16(19-9-11-20(12-10-19)22(2,3)4)24-21(25)23-14-17-7-6-8-18(13-17)15-26-5/h6-13,16H,14-15H2,1-5H3,(H2,23,24,25). The molecule has 1 unspecified atom stereocenters. The number of urea groups is 1. The Labute approximate surface area is 157 Å². The van der Waals surface area contributed by atoms with Gasteiger partial charge in [-0.05, 0) is 34.6 Å². The number of rotatable bonds is 6. The van der Waals surface area contributed by atoms with Crippen LogP contribution >= 0.6 is 0 Å². The van der Waals surface area contributed by atoms with Gasteiger partial charge in [0.25, 0.3) is 0 Å². The van der Waals surface area contributed by atoms with Crippen molar-refractivity contribution in [2.45, 2.75) is 52.3 Å². The highest BCUT2D eigenvalue weighted by molar-refractivity contribution is 5.74. The molecule has 26 heavy (non-hydrogen) atoms. The van der Waals surface area contributed by atoms with Gasteiger partial charge in [-0.25, -0.2) is 4.79 Å². The SMILES string of the molecule is COCc1cccc(CNC(=O)NC(C)c2ccc(C(C)(C)C)cc2)c1. The van der Waals surface area contributed by atoms with Crippen LogP contribution in [0.3, 0.4) is 0 Å². The summed E-state index contributed by atoms with van der Waals surface area (Å²) in [6, 6.07) is 16.2. The average Bonchev–Trinajstić information content (AvgIpc) is 2.60. The zero-order valence-electron chi connectivity index (χ0n) is 16.4. The number of hydrogen-bond donors (Lipinski definition) is 2. The summed E-state index contributed by atoms with van der Waals surface area (Å²) in [5.74, 6) is 0. The third-order valence-electron chi connectivity index (χ3n) is 4.38. The Hall–Kier alpha value is -2.33. The van der Waals surface area contributed by atoms with Crippen LogP contribution in [-0.2, 0) is 23.3 Å². The van der Waals surface area contributed by atoms with Gasteiger partial charge in [-0.15, -0.1) is 0 Å². The van der Waals surface area contributed by atoms with Crippen molar-refractivity contribution in [3.05, 3.63) is 70.8 Å². The third-order valence-corrected chi connectivity index (χ3v) is 4.38. The molecule has 1 atom stereocenters. The monoisotopic (exact) mass is 354 g/mol. The minimum atomic E-state index is -0.172. The molecular formula is C22H30N2O2. The first kappa shape index (κ1) is 20.0. The van der Waals surface area contributed by atoms with Gasteiger partial charge in [0.05, 0.1) is 12.6 Å². The second-order valence-corrected chi connectivity index (χ2v) is 7.67. The van der Waals surface area contributed by atoms with E-state index in [4.69, 9.17) is 4.74 Å². The van der Waals surface area contributed by atoms with Gasteiger partial charge in [0.1, 0.15) is 0 Å². The summed E-state index contributed by atoms with van der Waals surface area (Å²) in [5.41, 5.74) is 4.66. The van der Waals surface area contributed by atoms with E-state index < -0.39 is 0 Å². The number of carbonyl (C=O) groups is 1. The molecule has 4 heteroatoms. The Kier molecular flexibility index (Phi) is 6.81. The zero-order valence-corrected chi connectivity index (χ0v) is 16.4. The highest BCUT2D eigenvalue weighted by Crippen LogP contribution is 2.23. The quantitative estimate of drug-likeness (QED) is 0.790. The van der Waals surface area contributed by atoms with Crippen molar-refractivity contribution in [1.29, 1.82) is 0 Å². The fourth-order valence-electron chi connectivity index (χ4n) is 2.78. The second-order valence-electron chi connectivity index (χ2n) is 7.67. The van der Waals surface area contributed by atoms with Crippen LogP contribution in [0, 0.1) is 0 Å². The Balaban J connectivity index is 1.88. The van der Waals surface area contributed by atoms with Crippen LogP contribution in [0.5, 0.6) is 0 Å². The molecule has 2 aromatic rings. The van der Waals surface area contributed by atoms with Gasteiger partial charge < -0.3 is 15.4 Å². The smallest absolute Gasteiger partial charge is 0.315 e. The predicted molar refractivity (Wildman–Crippen MR) is 106 cm³/mol. The van der Waals surface area contributed by atoms with Crippen molar-refractivity contribution in [2.24, 2.45) is 0 Å². The molecular weight excluding hydrogens is 324 g/mol. The number of benzene rings is 2. The van der Waals surface area contributed by atoms with Gasteiger partial charge in [-0.1, -0.05) is 69.3 Å². The largest absolute Gasteiger partial charge is 0.380 e. The fraction of sp³-hybridized carbons (Fsp3) is 0.409. The van der Waals surface area contributed by atoms with E-state index in [1.807, 2.05) is 31.2 Å². The van der Waals surface area contributed by atoms with E-state index in [9.17, 15) is 4.79 Å². The molecule has 0 heterocycles. The van der Waals surface area contributed by atoms with E-state index >= 15 is 0 Å². The Morgan fingerprint density at radius 2 is 1.73 bits per heavy atom. The molecule has 0 aliphatic heterocycles. The van der Waals surface area contributed by atoms with Crippen LogP contribution in [0.4, 0.5) is 4.79 Å². The number of nitrogens with one attached hydrogen (secondary N) is 2. The predicted octanol–water partition coefficient (Wildman–Crippen LogP) is 4.69. The molecule has 2 amide bonds. The van der Waals surface area contributed by atoms with E-state index in [2.05, 4.69) is 55.7 Å². The maximum Gasteiger partial charge on any atom is 0.315 e. The lowest BCUT2D eigenvalue weighted by Crippen LogP contribution is -2.36. The van der Waals surface area contributed by atoms with Gasteiger partial charge in [-0.2, -0.15) is 0 Å². The molecule has 0 bridgehead atoms. The first-order valence-electron chi connectivity index (χ1n) is 9.01. The van der Waals surface area contributed by atoms with Gasteiger partial charge in [-0.3, -0.25) is 0 Å². The third kappa shape index (κ3) is 5.88. The molecule has 0 aromatic heterocycles. The van der Waals surface area contributed by atoms with Crippen LogP contribution in [0.1, 0.15) is 56.0 Å². The molecule has 0 saturated heterocycles. The van der Waals surface area contributed by atoms with Crippen molar-refractivity contribution in [2.75, 3.05) is 7.11 Å². The van der Waals surface area contributed by atoms with Crippen molar-refractivity contribution in [3.8, 4) is 0 Å². The molecule has 0 fully saturated rings. The Bertz CT molecular complexity index is 718. The van der Waals surface area contributed by atoms with Gasteiger partial charge in [0.2, 0.25) is 0 Å². The van der Waals surface area contributed by atoms with Gasteiger partial charge >= 0.3 is 6.03 Å². The first-order valence-corrected chi connectivity index (χ1v) is 9.01. The number of hydrogen-bond acceptors (Lipinski definition) is 2. The lowest BCUT2D eigenvalue weighted by Gasteiger charge is -2.21. The molecule has 2 aromatic carbocycles. The minimum absolute atomic E-state index is 0.0520. The summed E-state index contributed by atoms with van der Waals surface area (Å²) in [7, 11) is 1.67. The van der Waals surface area contributed by atoms with Crippen LogP contribution in [0.15, 0.2) is 48.5 Å². The normalized spacial score (nSPS) is 12.5. The molecule has 0 aliphatic rings. The fourth-order valence-corrected chi connectivity index (χ4v) is 2.78. The number of carbonyl (C=O) groups excluding carboxylic acids is 1. The topological polar surface area (TPSA) is 50.4 Å². The zero-order chi connectivity index (χ0) is 19.2. The maximum atomic E-state index is 12.2. The highest BCUT2D eigenvalue weighted by atomic mass is 16.5. The highest BCUT2D eigenvalue weighted by Gasteiger charge is 2.14. The lowest BCUT2D eigenvalue weighted by atomic mass is 9.86. The van der Waals surface area contributed by atoms with E-state index in [0.29, 0.717) is 13.2 Å². The van der Waals surface area contributed by atoms with E-state index in [-0.39, 0.29) is 17.5 Å². The summed E-state index contributed by atoms with van der Waals surface area (Å²) >= 11 is 0. The molecule has 140 valence electrons. The molecule has 2 N–H and O–H groups in total. The maximum absolute atomic E-state index is 12.2. The minimum Gasteiger partial charge on any atom is -0.380 e. The molecule has 0 aliphatic carbocycles. The Morgan fingerprint density at radius 3 is 2.35 bits per heavy atom. The van der Waals surface area contributed by atoms with E-state index in [1.165, 1.54) is 5.56 Å². The van der Waals surface area contributed by atoms with Gasteiger partial charge in [0.15, 0.2) is 0 Å². The summed E-state index contributed by atoms with van der Waals surface area (Å²) in [5, 5.41) is 5.90. The Morgan fingerprint density at radius 1 is 1.08 bits per heavy atom. The number of methoxy groups -OCH3 is 1. The van der Waals surface area contributed by atoms with Crippen LogP contribution in [0.2, 0.25) is 0 Å². The molecule has 0 radical (unpaired) electrons. The van der Waals surface area contributed by atoms with Gasteiger partial charge in [0, 0.05) is 13.7 Å². The average molecular weight is 354 g/mol. The molecule has 0 spiro atoms. The first-order chi connectivity index (χ1) is 12.3. The van der Waals surface area contributed by atoms with E-state index in [1.54, 1.807) is 7.11 Å². The number of amides is 2. The molecule has 2 rings (SSSR count). The van der Waals surface area contributed by atoms with Crippen molar-refractivity contribution in [1.82, 2.24) is 10.6 Å². The van der Waals surface area contributed by atoms with Crippen LogP contribution in [-0.4, -0.2) is 13.1 Å². The lowest BCUT2D eigenvalue weighted by molar-refractivity contribution is 0.185. The summed E-state index contributed by atoms with van der Waals surface area (Å²) < 4.78 is 5.14. The summed E-state index contributed by atoms with van der Waals surface area (Å²) in [4.78, 5) is 12.2. The molecule has 4 nitrogen and oxygen atoms in total. The second kappa shape index (κ2) is 8.86. The molecule has 0 saturated carbocycles. The van der Waals surface area contributed by atoms with Crippen molar-refractivity contribution in [3.63, 3.8) is 0 Å². The van der Waals surface area contributed by atoms with Crippen molar-refractivity contribution >= 4 is 6.03 Å².